The molecule has 2 aromatic carbocycles. The van der Waals surface area contributed by atoms with E-state index in [9.17, 15) is 20.0 Å². The van der Waals surface area contributed by atoms with E-state index < -0.39 is 22.3 Å². The summed E-state index contributed by atoms with van der Waals surface area (Å²) in [6, 6.07) is 9.68. The van der Waals surface area contributed by atoms with Gasteiger partial charge in [0.2, 0.25) is 5.75 Å². The van der Waals surface area contributed by atoms with E-state index >= 15 is 0 Å². The Hall–Kier alpha value is -4.33. The Bertz CT molecular complexity index is 1380. The number of halogens is 1. The molecular formula is C18H13BrN8O5. The number of carbonyl (C=O) groups is 1. The summed E-state index contributed by atoms with van der Waals surface area (Å²) in [7, 11) is 0. The highest BCUT2D eigenvalue weighted by Gasteiger charge is 2.21. The Morgan fingerprint density at radius 1 is 1.38 bits per heavy atom. The van der Waals surface area contributed by atoms with Crippen LogP contribution in [-0.4, -0.2) is 42.0 Å². The Kier molecular flexibility index (Phi) is 5.51. The van der Waals surface area contributed by atoms with Gasteiger partial charge >= 0.3 is 5.69 Å². The number of nitrogen functional groups attached to an aromatic ring is 1. The zero-order valence-corrected chi connectivity index (χ0v) is 17.6. The van der Waals surface area contributed by atoms with Crippen LogP contribution in [0.15, 0.2) is 50.6 Å². The summed E-state index contributed by atoms with van der Waals surface area (Å²) in [5, 5.41) is 32.1. The second kappa shape index (κ2) is 8.43. The van der Waals surface area contributed by atoms with Gasteiger partial charge in [0.05, 0.1) is 22.2 Å². The number of nitrogens with zero attached hydrogens (tertiary/aromatic N) is 6. The Morgan fingerprint density at radius 3 is 2.88 bits per heavy atom. The van der Waals surface area contributed by atoms with Crippen LogP contribution in [0.3, 0.4) is 0 Å². The van der Waals surface area contributed by atoms with Gasteiger partial charge < -0.3 is 15.4 Å². The number of phenols is 1. The molecule has 0 aliphatic heterocycles. The van der Waals surface area contributed by atoms with Crippen LogP contribution in [0.2, 0.25) is 0 Å². The summed E-state index contributed by atoms with van der Waals surface area (Å²) in [5.41, 5.74) is 9.06. The molecule has 0 spiro atoms. The van der Waals surface area contributed by atoms with Crippen molar-refractivity contribution in [1.82, 2.24) is 25.3 Å². The van der Waals surface area contributed by atoms with Crippen molar-refractivity contribution in [3.8, 4) is 17.3 Å². The number of phenolic OH excluding ortho intramolecular Hbond substituents is 1. The summed E-state index contributed by atoms with van der Waals surface area (Å²) in [4.78, 5) is 27.3. The third-order valence-electron chi connectivity index (χ3n) is 4.36. The molecule has 0 fully saturated rings. The number of nitrogens with one attached hydrogen (secondary N) is 1. The summed E-state index contributed by atoms with van der Waals surface area (Å²) in [6.07, 6.45) is 1.09. The molecule has 2 aromatic heterocycles. The molecule has 0 aliphatic carbocycles. The predicted octanol–water partition coefficient (Wildman–Crippen LogP) is 2.20. The number of carbonyl (C=O) groups excluding carboxylic acids is 1. The number of aromatic nitrogens is 4. The van der Waals surface area contributed by atoms with E-state index in [1.807, 2.05) is 0 Å². The average Bonchev–Trinajstić information content (AvgIpc) is 3.33. The van der Waals surface area contributed by atoms with Crippen molar-refractivity contribution >= 4 is 50.6 Å². The number of imidazole rings is 1. The highest BCUT2D eigenvalue weighted by molar-refractivity contribution is 9.10. The number of nitrogens with two attached hydrogens (primary N) is 1. The van der Waals surface area contributed by atoms with Gasteiger partial charge in [-0.25, -0.2) is 15.0 Å². The SMILES string of the molecule is Nc1nonc1-c1nc2ccccc2n1CC(=O)N/N=C/c1cc(Br)cc([N+](=O)[O-])c1O. The maximum atomic E-state index is 12.5. The Labute approximate surface area is 186 Å². The van der Waals surface area contributed by atoms with Crippen LogP contribution in [0.25, 0.3) is 22.6 Å². The van der Waals surface area contributed by atoms with Crippen molar-refractivity contribution < 1.29 is 19.5 Å². The Morgan fingerprint density at radius 2 is 2.16 bits per heavy atom. The molecule has 4 rings (SSSR count). The number of hydrogen-bond acceptors (Lipinski definition) is 10. The zero-order valence-electron chi connectivity index (χ0n) is 16.0. The predicted molar refractivity (Wildman–Crippen MR) is 116 cm³/mol. The first-order valence-corrected chi connectivity index (χ1v) is 9.67. The maximum Gasteiger partial charge on any atom is 0.312 e. The molecule has 162 valence electrons. The first-order chi connectivity index (χ1) is 15.3. The van der Waals surface area contributed by atoms with E-state index in [1.54, 1.807) is 28.8 Å². The van der Waals surface area contributed by atoms with Crippen LogP contribution < -0.4 is 11.2 Å². The molecule has 32 heavy (non-hydrogen) atoms. The monoisotopic (exact) mass is 500 g/mol. The van der Waals surface area contributed by atoms with Crippen LogP contribution >= 0.6 is 15.9 Å². The third kappa shape index (κ3) is 3.98. The third-order valence-corrected chi connectivity index (χ3v) is 4.81. The largest absolute Gasteiger partial charge is 0.502 e. The number of fused-ring (bicyclic) bond motifs is 1. The maximum absolute atomic E-state index is 12.5. The van der Waals surface area contributed by atoms with Gasteiger partial charge in [0.1, 0.15) is 6.54 Å². The van der Waals surface area contributed by atoms with Gasteiger partial charge in [0.25, 0.3) is 5.91 Å². The Balaban J connectivity index is 1.58. The molecule has 0 atom stereocenters. The van der Waals surface area contributed by atoms with E-state index in [-0.39, 0.29) is 29.4 Å². The number of hydrazone groups is 1. The molecule has 0 unspecified atom stereocenters. The molecule has 0 radical (unpaired) electrons. The van der Waals surface area contributed by atoms with E-state index in [0.29, 0.717) is 15.5 Å². The smallest absolute Gasteiger partial charge is 0.312 e. The summed E-state index contributed by atoms with van der Waals surface area (Å²) >= 11 is 3.13. The minimum absolute atomic E-state index is 0.0201. The molecule has 0 saturated carbocycles. The first kappa shape index (κ1) is 20.9. The number of nitro groups is 1. The van der Waals surface area contributed by atoms with E-state index in [1.165, 1.54) is 6.07 Å². The van der Waals surface area contributed by atoms with Crippen molar-refractivity contribution in [2.75, 3.05) is 5.73 Å². The van der Waals surface area contributed by atoms with Gasteiger partial charge in [-0.1, -0.05) is 28.1 Å². The number of benzene rings is 2. The molecular weight excluding hydrogens is 488 g/mol. The molecule has 4 N–H and O–H groups in total. The number of nitro benzene ring substituents is 1. The van der Waals surface area contributed by atoms with Gasteiger partial charge in [-0.3, -0.25) is 14.9 Å². The van der Waals surface area contributed by atoms with E-state index in [4.69, 9.17) is 5.73 Å². The highest BCUT2D eigenvalue weighted by Crippen LogP contribution is 2.32. The number of anilines is 1. The number of para-hydroxylation sites is 2. The second-order valence-electron chi connectivity index (χ2n) is 6.42. The lowest BCUT2D eigenvalue weighted by Crippen LogP contribution is -2.23. The minimum Gasteiger partial charge on any atom is -0.502 e. The highest BCUT2D eigenvalue weighted by atomic mass is 79.9. The van der Waals surface area contributed by atoms with Gasteiger partial charge in [-0.05, 0) is 28.5 Å². The second-order valence-corrected chi connectivity index (χ2v) is 7.34. The molecule has 0 aliphatic rings. The van der Waals surface area contributed by atoms with E-state index in [0.717, 1.165) is 12.3 Å². The molecule has 13 nitrogen and oxygen atoms in total. The number of hydrogen-bond donors (Lipinski definition) is 3. The lowest BCUT2D eigenvalue weighted by atomic mass is 10.2. The molecule has 2 heterocycles. The van der Waals surface area contributed by atoms with Crippen LogP contribution in [-0.2, 0) is 11.3 Å². The van der Waals surface area contributed by atoms with Crippen molar-refractivity contribution in [2.24, 2.45) is 5.10 Å². The molecule has 0 bridgehead atoms. The normalized spacial score (nSPS) is 11.3. The van der Waals surface area contributed by atoms with Crippen molar-refractivity contribution in [3.63, 3.8) is 0 Å². The summed E-state index contributed by atoms with van der Waals surface area (Å²) in [6.45, 7) is -0.204. The zero-order chi connectivity index (χ0) is 22.8. The summed E-state index contributed by atoms with van der Waals surface area (Å²) < 4.78 is 6.57. The molecule has 1 amide bonds. The van der Waals surface area contributed by atoms with Crippen molar-refractivity contribution in [1.29, 1.82) is 0 Å². The van der Waals surface area contributed by atoms with E-state index in [2.05, 4.69) is 46.4 Å². The van der Waals surface area contributed by atoms with Gasteiger partial charge in [-0.15, -0.1) is 0 Å². The van der Waals surface area contributed by atoms with Gasteiger partial charge in [0, 0.05) is 16.1 Å². The van der Waals surface area contributed by atoms with Crippen LogP contribution in [0.1, 0.15) is 5.56 Å². The fourth-order valence-corrected chi connectivity index (χ4v) is 3.43. The van der Waals surface area contributed by atoms with Gasteiger partial charge in [-0.2, -0.15) is 5.10 Å². The average molecular weight is 501 g/mol. The fraction of sp³-hybridized carbons (Fsp3) is 0.0556. The minimum atomic E-state index is -0.730. The summed E-state index contributed by atoms with van der Waals surface area (Å²) in [5.74, 6) is -0.811. The van der Waals surface area contributed by atoms with Crippen molar-refractivity contribution in [2.45, 2.75) is 6.54 Å². The van der Waals surface area contributed by atoms with Gasteiger partial charge in [0.15, 0.2) is 17.3 Å². The van der Waals surface area contributed by atoms with Crippen LogP contribution in [0.5, 0.6) is 5.75 Å². The first-order valence-electron chi connectivity index (χ1n) is 8.87. The number of amides is 1. The lowest BCUT2D eigenvalue weighted by Gasteiger charge is -2.07. The quantitative estimate of drug-likeness (QED) is 0.202. The molecule has 4 aromatic rings. The molecule has 14 heteroatoms. The number of aromatic hydroxyl groups is 1. The topological polar surface area (TPSA) is 188 Å². The fourth-order valence-electron chi connectivity index (χ4n) is 2.96. The number of rotatable bonds is 6. The van der Waals surface area contributed by atoms with Crippen LogP contribution in [0, 0.1) is 10.1 Å². The van der Waals surface area contributed by atoms with Crippen molar-refractivity contribution in [3.05, 3.63) is 56.5 Å². The molecule has 0 saturated heterocycles. The van der Waals surface area contributed by atoms with Crippen LogP contribution in [0.4, 0.5) is 11.5 Å². The standard InChI is InChI=1S/C18H13BrN8O5/c19-10-5-9(16(29)13(6-10)27(30)31)7-21-23-14(28)8-26-12-4-2-1-3-11(12)22-18(26)15-17(20)25-32-24-15/h1-7,29H,8H2,(H2,20,25)(H,23,28)/b21-7+. The lowest BCUT2D eigenvalue weighted by molar-refractivity contribution is -0.385.